The largest absolute Gasteiger partial charge is 0.271 e. The van der Waals surface area contributed by atoms with Crippen molar-refractivity contribution in [3.05, 3.63) is 70.9 Å². The molecule has 0 saturated heterocycles. The SMILES string of the molecule is CCCn1cc(-c2cccc(C)c2)c(=S)c(-c2ccccc2)n1. The number of hydrogen-bond donors (Lipinski definition) is 0. The average Bonchev–Trinajstić information content (AvgIpc) is 2.57. The zero-order valence-electron chi connectivity index (χ0n) is 13.5. The van der Waals surface area contributed by atoms with Gasteiger partial charge in [-0.05, 0) is 18.9 Å². The van der Waals surface area contributed by atoms with E-state index in [-0.39, 0.29) is 0 Å². The van der Waals surface area contributed by atoms with Gasteiger partial charge in [0.25, 0.3) is 0 Å². The number of nitrogens with zero attached hydrogens (tertiary/aromatic N) is 2. The second kappa shape index (κ2) is 6.88. The Kier molecular flexibility index (Phi) is 4.68. The van der Waals surface area contributed by atoms with Crippen molar-refractivity contribution in [1.29, 1.82) is 0 Å². The molecule has 1 heterocycles. The van der Waals surface area contributed by atoms with E-state index in [1.54, 1.807) is 0 Å². The van der Waals surface area contributed by atoms with Crippen LogP contribution in [0.3, 0.4) is 0 Å². The number of benzene rings is 2. The minimum absolute atomic E-state index is 0.814. The van der Waals surface area contributed by atoms with E-state index in [2.05, 4.69) is 56.4 Å². The fraction of sp³-hybridized carbons (Fsp3) is 0.200. The van der Waals surface area contributed by atoms with Crippen molar-refractivity contribution in [2.75, 3.05) is 0 Å². The van der Waals surface area contributed by atoms with E-state index in [1.807, 2.05) is 22.9 Å². The smallest absolute Gasteiger partial charge is 0.109 e. The van der Waals surface area contributed by atoms with Crippen molar-refractivity contribution in [1.82, 2.24) is 9.78 Å². The monoisotopic (exact) mass is 320 g/mol. The minimum Gasteiger partial charge on any atom is -0.271 e. The Morgan fingerprint density at radius 3 is 2.43 bits per heavy atom. The highest BCUT2D eigenvalue weighted by Crippen LogP contribution is 2.27. The van der Waals surface area contributed by atoms with Gasteiger partial charge in [0.15, 0.2) is 0 Å². The maximum Gasteiger partial charge on any atom is 0.109 e. The van der Waals surface area contributed by atoms with Crippen molar-refractivity contribution >= 4 is 12.2 Å². The van der Waals surface area contributed by atoms with E-state index < -0.39 is 0 Å². The van der Waals surface area contributed by atoms with Gasteiger partial charge >= 0.3 is 0 Å². The Labute approximate surface area is 142 Å². The lowest BCUT2D eigenvalue weighted by molar-refractivity contribution is 0.591. The molecule has 0 spiro atoms. The molecule has 0 radical (unpaired) electrons. The lowest BCUT2D eigenvalue weighted by Gasteiger charge is -2.12. The van der Waals surface area contributed by atoms with Crippen molar-refractivity contribution in [3.63, 3.8) is 0 Å². The summed E-state index contributed by atoms with van der Waals surface area (Å²) in [6.45, 7) is 5.14. The van der Waals surface area contributed by atoms with Gasteiger partial charge in [0.1, 0.15) is 5.69 Å². The number of aromatic nitrogens is 2. The van der Waals surface area contributed by atoms with Gasteiger partial charge in [0, 0.05) is 23.9 Å². The third-order valence-electron chi connectivity index (χ3n) is 3.80. The number of aryl methyl sites for hydroxylation is 2. The maximum atomic E-state index is 5.77. The third kappa shape index (κ3) is 3.40. The summed E-state index contributed by atoms with van der Waals surface area (Å²) in [6.07, 6.45) is 3.11. The summed E-state index contributed by atoms with van der Waals surface area (Å²) in [5.74, 6) is 0. The summed E-state index contributed by atoms with van der Waals surface area (Å²) in [4.78, 5) is 0. The molecule has 0 amide bonds. The molecule has 0 bridgehead atoms. The first-order valence-electron chi connectivity index (χ1n) is 7.93. The fourth-order valence-electron chi connectivity index (χ4n) is 2.68. The highest BCUT2D eigenvalue weighted by molar-refractivity contribution is 7.71. The van der Waals surface area contributed by atoms with Crippen LogP contribution in [-0.4, -0.2) is 9.78 Å². The molecule has 2 nitrogen and oxygen atoms in total. The van der Waals surface area contributed by atoms with Crippen LogP contribution < -0.4 is 0 Å². The molecule has 0 N–H and O–H groups in total. The molecule has 1 aromatic heterocycles. The molecular weight excluding hydrogens is 300 g/mol. The van der Waals surface area contributed by atoms with Crippen LogP contribution in [0.15, 0.2) is 60.8 Å². The molecule has 0 aliphatic rings. The number of rotatable bonds is 4. The third-order valence-corrected chi connectivity index (χ3v) is 4.21. The summed E-state index contributed by atoms with van der Waals surface area (Å²) >= 11 is 5.77. The molecule has 0 aliphatic heterocycles. The molecule has 0 unspecified atom stereocenters. The van der Waals surface area contributed by atoms with E-state index in [1.165, 1.54) is 5.56 Å². The Hall–Kier alpha value is -2.26. The van der Waals surface area contributed by atoms with Crippen LogP contribution in [0.5, 0.6) is 0 Å². The second-order valence-corrected chi connectivity index (χ2v) is 6.13. The molecule has 0 atom stereocenters. The minimum atomic E-state index is 0.814. The summed E-state index contributed by atoms with van der Waals surface area (Å²) in [5, 5.41) is 4.75. The molecule has 3 rings (SSSR count). The normalized spacial score (nSPS) is 10.7. The molecule has 0 aliphatic carbocycles. The van der Waals surface area contributed by atoms with E-state index in [0.717, 1.165) is 39.9 Å². The topological polar surface area (TPSA) is 17.8 Å². The Balaban J connectivity index is 2.24. The highest BCUT2D eigenvalue weighted by Gasteiger charge is 2.10. The fourth-order valence-corrected chi connectivity index (χ4v) is 3.01. The molecule has 3 heteroatoms. The van der Waals surface area contributed by atoms with E-state index >= 15 is 0 Å². The summed E-state index contributed by atoms with van der Waals surface area (Å²) in [7, 11) is 0. The van der Waals surface area contributed by atoms with Crippen LogP contribution in [0.4, 0.5) is 0 Å². The highest BCUT2D eigenvalue weighted by atomic mass is 32.1. The van der Waals surface area contributed by atoms with Gasteiger partial charge in [-0.2, -0.15) is 5.10 Å². The Bertz CT molecular complexity index is 866. The van der Waals surface area contributed by atoms with Crippen molar-refractivity contribution < 1.29 is 0 Å². The molecule has 23 heavy (non-hydrogen) atoms. The quantitative estimate of drug-likeness (QED) is 0.577. The summed E-state index contributed by atoms with van der Waals surface area (Å²) in [6, 6.07) is 18.7. The Morgan fingerprint density at radius 2 is 1.74 bits per heavy atom. The van der Waals surface area contributed by atoms with Gasteiger partial charge in [-0.25, -0.2) is 0 Å². The standard InChI is InChI=1S/C20H20N2S/c1-3-12-22-14-18(17-11-7-8-15(2)13-17)20(23)19(21-22)16-9-5-4-6-10-16/h4-11,13-14H,3,12H2,1-2H3. The van der Waals surface area contributed by atoms with Crippen LogP contribution in [-0.2, 0) is 6.54 Å². The molecule has 2 aromatic carbocycles. The van der Waals surface area contributed by atoms with Gasteiger partial charge in [-0.15, -0.1) is 0 Å². The second-order valence-electron chi connectivity index (χ2n) is 5.72. The maximum absolute atomic E-state index is 5.77. The number of hydrogen-bond acceptors (Lipinski definition) is 2. The molecular formula is C20H20N2S. The predicted molar refractivity (Wildman–Crippen MR) is 99.0 cm³/mol. The van der Waals surface area contributed by atoms with Gasteiger partial charge in [0.05, 0.1) is 4.51 Å². The van der Waals surface area contributed by atoms with E-state index in [4.69, 9.17) is 17.3 Å². The van der Waals surface area contributed by atoms with E-state index in [9.17, 15) is 0 Å². The lowest BCUT2D eigenvalue weighted by atomic mass is 10.0. The first kappa shape index (κ1) is 15.6. The van der Waals surface area contributed by atoms with Gasteiger partial charge in [0.2, 0.25) is 0 Å². The van der Waals surface area contributed by atoms with E-state index in [0.29, 0.717) is 0 Å². The van der Waals surface area contributed by atoms with Gasteiger partial charge in [-0.3, -0.25) is 4.68 Å². The molecule has 3 aromatic rings. The zero-order valence-corrected chi connectivity index (χ0v) is 14.3. The van der Waals surface area contributed by atoms with Crippen molar-refractivity contribution in [3.8, 4) is 22.4 Å². The van der Waals surface area contributed by atoms with Crippen LogP contribution in [0.25, 0.3) is 22.4 Å². The lowest BCUT2D eigenvalue weighted by Crippen LogP contribution is -2.06. The molecule has 116 valence electrons. The van der Waals surface area contributed by atoms with Gasteiger partial charge in [-0.1, -0.05) is 79.3 Å². The molecule has 0 fully saturated rings. The average molecular weight is 320 g/mol. The summed E-state index contributed by atoms with van der Waals surface area (Å²) < 4.78 is 2.82. The zero-order chi connectivity index (χ0) is 16.2. The first-order valence-corrected chi connectivity index (χ1v) is 8.34. The predicted octanol–water partition coefficient (Wildman–Crippen LogP) is 5.67. The van der Waals surface area contributed by atoms with Crippen molar-refractivity contribution in [2.45, 2.75) is 26.8 Å². The van der Waals surface area contributed by atoms with Crippen LogP contribution in [0.1, 0.15) is 18.9 Å². The van der Waals surface area contributed by atoms with Crippen LogP contribution >= 0.6 is 12.2 Å². The molecule has 0 saturated carbocycles. The van der Waals surface area contributed by atoms with Gasteiger partial charge < -0.3 is 0 Å². The van der Waals surface area contributed by atoms with Crippen LogP contribution in [0.2, 0.25) is 0 Å². The Morgan fingerprint density at radius 1 is 1.00 bits per heavy atom. The van der Waals surface area contributed by atoms with Crippen LogP contribution in [0, 0.1) is 11.4 Å². The summed E-state index contributed by atoms with van der Waals surface area (Å²) in [5.41, 5.74) is 5.41. The first-order chi connectivity index (χ1) is 11.2. The van der Waals surface area contributed by atoms with Crippen molar-refractivity contribution in [2.24, 2.45) is 0 Å².